The summed E-state index contributed by atoms with van der Waals surface area (Å²) in [4.78, 5) is 17.0. The summed E-state index contributed by atoms with van der Waals surface area (Å²) in [7, 11) is -1.48. The molecular formula is C20H22N2O3S2. The molecule has 2 aromatic carbocycles. The molecule has 3 rings (SSSR count). The summed E-state index contributed by atoms with van der Waals surface area (Å²) in [5, 5.41) is 0. The van der Waals surface area contributed by atoms with E-state index in [0.717, 1.165) is 26.9 Å². The molecule has 0 aliphatic heterocycles. The Morgan fingerprint density at radius 1 is 1.07 bits per heavy atom. The van der Waals surface area contributed by atoms with Gasteiger partial charge in [-0.25, -0.2) is 8.42 Å². The number of carbonyl (C=O) groups is 1. The van der Waals surface area contributed by atoms with E-state index in [4.69, 9.17) is 0 Å². The minimum Gasteiger partial charge on any atom is -0.319 e. The molecule has 0 atom stereocenters. The van der Waals surface area contributed by atoms with Gasteiger partial charge in [-0.1, -0.05) is 53.8 Å². The van der Waals surface area contributed by atoms with Gasteiger partial charge in [-0.05, 0) is 30.5 Å². The molecule has 0 fully saturated rings. The highest BCUT2D eigenvalue weighted by molar-refractivity contribution is 7.90. The maximum Gasteiger partial charge on any atom is 0.249 e. The van der Waals surface area contributed by atoms with Crippen molar-refractivity contribution in [1.29, 1.82) is 0 Å². The molecule has 0 N–H and O–H groups in total. The van der Waals surface area contributed by atoms with Gasteiger partial charge < -0.3 is 4.57 Å². The Morgan fingerprint density at radius 3 is 2.41 bits per heavy atom. The van der Waals surface area contributed by atoms with Crippen LogP contribution in [0.4, 0.5) is 0 Å². The van der Waals surface area contributed by atoms with Crippen molar-refractivity contribution < 1.29 is 13.2 Å². The van der Waals surface area contributed by atoms with E-state index < -0.39 is 15.7 Å². The van der Waals surface area contributed by atoms with Crippen molar-refractivity contribution >= 4 is 37.3 Å². The first-order chi connectivity index (χ1) is 12.8. The smallest absolute Gasteiger partial charge is 0.249 e. The number of hydrogen-bond acceptors (Lipinski definition) is 4. The number of aryl methyl sites for hydroxylation is 3. The number of rotatable bonds is 5. The molecule has 0 bridgehead atoms. The monoisotopic (exact) mass is 402 g/mol. The summed E-state index contributed by atoms with van der Waals surface area (Å²) >= 11 is 1.46. The van der Waals surface area contributed by atoms with Crippen LogP contribution in [0.15, 0.2) is 47.5 Å². The number of benzene rings is 2. The number of carbonyl (C=O) groups excluding carboxylic acids is 1. The SMILES string of the molecule is Cc1ccc(C)c2c1sc(=NC(=O)CCS(=O)(=O)Cc1ccccc1)n2C. The summed E-state index contributed by atoms with van der Waals surface area (Å²) in [5.74, 6) is -0.670. The number of nitrogens with zero attached hydrogens (tertiary/aromatic N) is 2. The molecule has 27 heavy (non-hydrogen) atoms. The summed E-state index contributed by atoms with van der Waals surface area (Å²) in [6.45, 7) is 4.05. The van der Waals surface area contributed by atoms with E-state index in [-0.39, 0.29) is 17.9 Å². The van der Waals surface area contributed by atoms with Gasteiger partial charge in [0, 0.05) is 13.5 Å². The van der Waals surface area contributed by atoms with E-state index in [9.17, 15) is 13.2 Å². The standard InChI is InChI=1S/C20H22N2O3S2/c1-14-9-10-15(2)19-18(14)22(3)20(26-19)21-17(23)11-12-27(24,25)13-16-7-5-4-6-8-16/h4-10H,11-13H2,1-3H3. The minimum atomic E-state index is -3.35. The van der Waals surface area contributed by atoms with E-state index in [0.29, 0.717) is 4.80 Å². The van der Waals surface area contributed by atoms with Crippen molar-refractivity contribution in [2.45, 2.75) is 26.0 Å². The molecule has 5 nitrogen and oxygen atoms in total. The van der Waals surface area contributed by atoms with Crippen molar-refractivity contribution in [3.63, 3.8) is 0 Å². The number of hydrogen-bond donors (Lipinski definition) is 0. The third-order valence-corrected chi connectivity index (χ3v) is 7.29. The van der Waals surface area contributed by atoms with Crippen molar-refractivity contribution in [3.05, 3.63) is 64.0 Å². The quantitative estimate of drug-likeness (QED) is 0.658. The first-order valence-electron chi connectivity index (χ1n) is 8.64. The van der Waals surface area contributed by atoms with Crippen LogP contribution in [-0.2, 0) is 27.4 Å². The Labute approximate surface area is 162 Å². The lowest BCUT2D eigenvalue weighted by Crippen LogP contribution is -2.16. The van der Waals surface area contributed by atoms with Gasteiger partial charge in [0.15, 0.2) is 14.6 Å². The third kappa shape index (κ3) is 4.54. The van der Waals surface area contributed by atoms with Gasteiger partial charge in [0.05, 0.1) is 21.7 Å². The molecule has 0 saturated carbocycles. The largest absolute Gasteiger partial charge is 0.319 e. The first kappa shape index (κ1) is 19.5. The highest BCUT2D eigenvalue weighted by Gasteiger charge is 2.15. The second-order valence-electron chi connectivity index (χ2n) is 6.65. The third-order valence-electron chi connectivity index (χ3n) is 4.42. The van der Waals surface area contributed by atoms with Crippen molar-refractivity contribution in [1.82, 2.24) is 4.57 Å². The average Bonchev–Trinajstić information content (AvgIpc) is 2.95. The first-order valence-corrected chi connectivity index (χ1v) is 11.3. The van der Waals surface area contributed by atoms with Gasteiger partial charge >= 0.3 is 0 Å². The molecule has 0 aliphatic rings. The fourth-order valence-electron chi connectivity index (χ4n) is 2.98. The van der Waals surface area contributed by atoms with Crippen LogP contribution in [0.25, 0.3) is 10.2 Å². The van der Waals surface area contributed by atoms with E-state index >= 15 is 0 Å². The van der Waals surface area contributed by atoms with Crippen LogP contribution >= 0.6 is 11.3 Å². The van der Waals surface area contributed by atoms with Crippen LogP contribution in [0.2, 0.25) is 0 Å². The molecule has 0 aliphatic carbocycles. The fourth-order valence-corrected chi connectivity index (χ4v) is 5.49. The Hall–Kier alpha value is -2.25. The molecule has 1 amide bonds. The Morgan fingerprint density at radius 2 is 1.74 bits per heavy atom. The van der Waals surface area contributed by atoms with E-state index in [2.05, 4.69) is 11.1 Å². The van der Waals surface area contributed by atoms with Gasteiger partial charge in [0.2, 0.25) is 5.91 Å². The van der Waals surface area contributed by atoms with Gasteiger partial charge in [0.1, 0.15) is 0 Å². The van der Waals surface area contributed by atoms with Crippen molar-refractivity contribution in [2.24, 2.45) is 12.0 Å². The average molecular weight is 403 g/mol. The molecule has 3 aromatic rings. The zero-order chi connectivity index (χ0) is 19.6. The molecule has 1 aromatic heterocycles. The molecule has 0 saturated heterocycles. The number of amides is 1. The molecule has 0 radical (unpaired) electrons. The summed E-state index contributed by atoms with van der Waals surface area (Å²) in [6, 6.07) is 13.1. The summed E-state index contributed by atoms with van der Waals surface area (Å²) < 4.78 is 27.5. The number of sulfone groups is 1. The molecule has 0 unspecified atom stereocenters. The second-order valence-corrected chi connectivity index (χ2v) is 9.82. The van der Waals surface area contributed by atoms with Crippen LogP contribution in [-0.4, -0.2) is 24.6 Å². The molecule has 1 heterocycles. The van der Waals surface area contributed by atoms with Crippen molar-refractivity contribution in [2.75, 3.05) is 5.75 Å². The minimum absolute atomic E-state index is 0.0594. The normalized spacial score (nSPS) is 12.6. The van der Waals surface area contributed by atoms with Crippen LogP contribution in [0, 0.1) is 13.8 Å². The van der Waals surface area contributed by atoms with Gasteiger partial charge in [-0.2, -0.15) is 4.99 Å². The molecule has 7 heteroatoms. The topological polar surface area (TPSA) is 68.5 Å². The lowest BCUT2D eigenvalue weighted by molar-refractivity contribution is -0.117. The van der Waals surface area contributed by atoms with Crippen LogP contribution < -0.4 is 4.80 Å². The zero-order valence-corrected chi connectivity index (χ0v) is 17.2. The van der Waals surface area contributed by atoms with E-state index in [1.807, 2.05) is 37.6 Å². The number of fused-ring (bicyclic) bond motifs is 1. The van der Waals surface area contributed by atoms with Crippen LogP contribution in [0.3, 0.4) is 0 Å². The molecule has 142 valence electrons. The Bertz CT molecular complexity index is 1160. The summed E-state index contributed by atoms with van der Waals surface area (Å²) in [5.41, 5.74) is 4.04. The Kier molecular flexibility index (Phi) is 5.62. The van der Waals surface area contributed by atoms with Gasteiger partial charge in [-0.3, -0.25) is 4.79 Å². The van der Waals surface area contributed by atoms with Crippen LogP contribution in [0.5, 0.6) is 0 Å². The van der Waals surface area contributed by atoms with Gasteiger partial charge in [-0.15, -0.1) is 0 Å². The highest BCUT2D eigenvalue weighted by atomic mass is 32.2. The zero-order valence-electron chi connectivity index (χ0n) is 15.6. The Balaban J connectivity index is 1.78. The fraction of sp³-hybridized carbons (Fsp3) is 0.300. The molecule has 0 spiro atoms. The van der Waals surface area contributed by atoms with Gasteiger partial charge in [0.25, 0.3) is 0 Å². The second kappa shape index (κ2) is 7.78. The maximum atomic E-state index is 12.3. The predicted octanol–water partition coefficient (Wildman–Crippen LogP) is 3.29. The number of thiazole rings is 1. The predicted molar refractivity (Wildman–Crippen MR) is 109 cm³/mol. The molecular weight excluding hydrogens is 380 g/mol. The highest BCUT2D eigenvalue weighted by Crippen LogP contribution is 2.24. The summed E-state index contributed by atoms with van der Waals surface area (Å²) in [6.07, 6.45) is -0.110. The van der Waals surface area contributed by atoms with Crippen molar-refractivity contribution in [3.8, 4) is 0 Å². The lowest BCUT2D eigenvalue weighted by atomic mass is 10.1. The maximum absolute atomic E-state index is 12.3. The van der Waals surface area contributed by atoms with E-state index in [1.54, 1.807) is 24.3 Å². The van der Waals surface area contributed by atoms with E-state index in [1.165, 1.54) is 11.3 Å². The number of aromatic nitrogens is 1. The van der Waals surface area contributed by atoms with Crippen LogP contribution in [0.1, 0.15) is 23.1 Å². The lowest BCUT2D eigenvalue weighted by Gasteiger charge is -2.03.